The molecule has 0 radical (unpaired) electrons. The maximum atomic E-state index is 12.5. The van der Waals surface area contributed by atoms with E-state index in [0.29, 0.717) is 12.0 Å². The summed E-state index contributed by atoms with van der Waals surface area (Å²) in [4.78, 5) is 59.6. The molecular formula is C21H32N8O7. The third-order valence-electron chi connectivity index (χ3n) is 4.70. The highest BCUT2D eigenvalue weighted by atomic mass is 16.4. The van der Waals surface area contributed by atoms with E-state index in [2.05, 4.69) is 26.6 Å². The van der Waals surface area contributed by atoms with Crippen LogP contribution in [0.3, 0.4) is 0 Å². The molecule has 0 aliphatic rings. The van der Waals surface area contributed by atoms with Crippen molar-refractivity contribution in [3.63, 3.8) is 0 Å². The van der Waals surface area contributed by atoms with Crippen molar-refractivity contribution in [3.8, 4) is 5.75 Å². The highest BCUT2D eigenvalue weighted by molar-refractivity contribution is 5.92. The predicted molar refractivity (Wildman–Crippen MR) is 128 cm³/mol. The monoisotopic (exact) mass is 508 g/mol. The Kier molecular flexibility index (Phi) is 12.8. The summed E-state index contributed by atoms with van der Waals surface area (Å²) < 4.78 is 0. The summed E-state index contributed by atoms with van der Waals surface area (Å²) in [5.74, 6) is -4.20. The van der Waals surface area contributed by atoms with Gasteiger partial charge in [-0.2, -0.15) is 0 Å². The van der Waals surface area contributed by atoms with Gasteiger partial charge in [-0.15, -0.1) is 0 Å². The van der Waals surface area contributed by atoms with E-state index in [9.17, 15) is 34.2 Å². The molecule has 0 saturated carbocycles. The van der Waals surface area contributed by atoms with Gasteiger partial charge in [-0.25, -0.2) is 4.79 Å². The van der Waals surface area contributed by atoms with E-state index in [1.54, 1.807) is 12.1 Å². The van der Waals surface area contributed by atoms with Crippen molar-refractivity contribution in [1.82, 2.24) is 26.6 Å². The van der Waals surface area contributed by atoms with Crippen LogP contribution in [0.25, 0.3) is 0 Å². The second-order valence-corrected chi connectivity index (χ2v) is 7.63. The number of hydrogen-bond donors (Lipinski definition) is 10. The van der Waals surface area contributed by atoms with Crippen molar-refractivity contribution in [1.29, 1.82) is 5.41 Å². The Labute approximate surface area is 206 Å². The van der Waals surface area contributed by atoms with Gasteiger partial charge in [-0.3, -0.25) is 24.6 Å². The van der Waals surface area contributed by atoms with Gasteiger partial charge in [-0.05, 0) is 30.5 Å². The minimum absolute atomic E-state index is 0.0334. The highest BCUT2D eigenvalue weighted by Crippen LogP contribution is 2.11. The zero-order valence-corrected chi connectivity index (χ0v) is 19.5. The Morgan fingerprint density at radius 1 is 0.889 bits per heavy atom. The van der Waals surface area contributed by atoms with Crippen LogP contribution in [0.15, 0.2) is 24.3 Å². The van der Waals surface area contributed by atoms with Gasteiger partial charge in [0, 0.05) is 13.0 Å². The van der Waals surface area contributed by atoms with Gasteiger partial charge >= 0.3 is 5.97 Å². The fourth-order valence-corrected chi connectivity index (χ4v) is 2.89. The number of hydrogen-bond acceptors (Lipinski definition) is 8. The van der Waals surface area contributed by atoms with Crippen LogP contribution in [0.1, 0.15) is 18.4 Å². The number of nitrogens with two attached hydrogens (primary N) is 2. The summed E-state index contributed by atoms with van der Waals surface area (Å²) in [7, 11) is 0. The SMILES string of the molecule is N=C(N)NCCC[C@H](NC(=O)CNC(=O)CNC(=O)[C@H](Cc1ccc(O)cc1)NC(=O)CN)C(=O)O. The van der Waals surface area contributed by atoms with Crippen molar-refractivity contribution in [2.75, 3.05) is 26.2 Å². The Morgan fingerprint density at radius 3 is 2.08 bits per heavy atom. The Bertz CT molecular complexity index is 939. The quantitative estimate of drug-likeness (QED) is 0.0633. The smallest absolute Gasteiger partial charge is 0.326 e. The molecule has 15 nitrogen and oxygen atoms in total. The second kappa shape index (κ2) is 15.5. The normalized spacial score (nSPS) is 11.9. The maximum absolute atomic E-state index is 12.5. The molecule has 0 heterocycles. The van der Waals surface area contributed by atoms with Crippen LogP contribution in [0.5, 0.6) is 5.75 Å². The predicted octanol–water partition coefficient (Wildman–Crippen LogP) is -3.56. The average molecular weight is 509 g/mol. The molecule has 0 spiro atoms. The van der Waals surface area contributed by atoms with Gasteiger partial charge in [0.1, 0.15) is 17.8 Å². The fourth-order valence-electron chi connectivity index (χ4n) is 2.89. The third-order valence-corrected chi connectivity index (χ3v) is 4.70. The number of carboxylic acid groups (broad SMARTS) is 1. The first kappa shape index (κ1) is 29.6. The molecule has 1 aromatic carbocycles. The molecule has 4 amide bonds. The van der Waals surface area contributed by atoms with Crippen LogP contribution < -0.4 is 38.1 Å². The summed E-state index contributed by atoms with van der Waals surface area (Å²) in [6.45, 7) is -1.12. The van der Waals surface area contributed by atoms with E-state index >= 15 is 0 Å². The van der Waals surface area contributed by atoms with Gasteiger partial charge < -0.3 is 48.3 Å². The number of benzene rings is 1. The third kappa shape index (κ3) is 12.2. The first-order valence-corrected chi connectivity index (χ1v) is 10.9. The van der Waals surface area contributed by atoms with Crippen LogP contribution >= 0.6 is 0 Å². The van der Waals surface area contributed by atoms with Gasteiger partial charge in [0.15, 0.2) is 5.96 Å². The first-order valence-electron chi connectivity index (χ1n) is 10.9. The van der Waals surface area contributed by atoms with Crippen LogP contribution in [-0.2, 0) is 30.4 Å². The van der Waals surface area contributed by atoms with Gasteiger partial charge in [-0.1, -0.05) is 12.1 Å². The number of amides is 4. The minimum atomic E-state index is -1.26. The molecule has 12 N–H and O–H groups in total. The number of phenolic OH excluding ortho intramolecular Hbond substituents is 1. The van der Waals surface area contributed by atoms with E-state index in [-0.39, 0.29) is 37.6 Å². The van der Waals surface area contributed by atoms with E-state index in [4.69, 9.17) is 16.9 Å². The lowest BCUT2D eigenvalue weighted by Crippen LogP contribution is -2.52. The Balaban J connectivity index is 2.51. The van der Waals surface area contributed by atoms with Crippen LogP contribution in [0, 0.1) is 5.41 Å². The minimum Gasteiger partial charge on any atom is -0.508 e. The van der Waals surface area contributed by atoms with E-state index in [1.165, 1.54) is 12.1 Å². The average Bonchev–Trinajstić information content (AvgIpc) is 2.83. The number of aliphatic carboxylic acids is 1. The number of carbonyl (C=O) groups excluding carboxylic acids is 4. The number of aromatic hydroxyl groups is 1. The second-order valence-electron chi connectivity index (χ2n) is 7.63. The van der Waals surface area contributed by atoms with E-state index in [0.717, 1.165) is 0 Å². The summed E-state index contributed by atoms with van der Waals surface area (Å²) in [5.41, 5.74) is 11.1. The number of nitrogens with one attached hydrogen (secondary N) is 6. The summed E-state index contributed by atoms with van der Waals surface area (Å²) in [5, 5.41) is 37.5. The van der Waals surface area contributed by atoms with E-state index in [1.807, 2.05) is 0 Å². The van der Waals surface area contributed by atoms with Crippen molar-refractivity contribution in [3.05, 3.63) is 29.8 Å². The van der Waals surface area contributed by atoms with Gasteiger partial charge in [0.2, 0.25) is 23.6 Å². The standard InChI is InChI=1S/C21H32N8O7/c22-9-16(31)29-15(8-12-3-5-13(30)6-4-12)19(34)27-10-17(32)26-11-18(33)28-14(20(35)36)2-1-7-25-21(23)24/h3-6,14-15,30H,1-2,7-11,22H2,(H,26,32)(H,27,34)(H,28,33)(H,29,31)(H,35,36)(H4,23,24,25)/t14-,15-/m0/s1. The Hall–Kier alpha value is -4.40. The Morgan fingerprint density at radius 2 is 1.50 bits per heavy atom. The van der Waals surface area contributed by atoms with Crippen LogP contribution in [0.4, 0.5) is 0 Å². The van der Waals surface area contributed by atoms with Crippen LogP contribution in [0.2, 0.25) is 0 Å². The molecule has 0 bridgehead atoms. The molecule has 0 aliphatic carbocycles. The van der Waals surface area contributed by atoms with Crippen molar-refractivity contribution in [2.24, 2.45) is 11.5 Å². The highest BCUT2D eigenvalue weighted by Gasteiger charge is 2.22. The number of carbonyl (C=O) groups is 5. The molecule has 198 valence electrons. The van der Waals surface area contributed by atoms with Crippen molar-refractivity contribution >= 4 is 35.6 Å². The topological polar surface area (TPSA) is 262 Å². The zero-order chi connectivity index (χ0) is 27.1. The van der Waals surface area contributed by atoms with E-state index < -0.39 is 54.8 Å². The number of phenols is 1. The lowest BCUT2D eigenvalue weighted by Gasteiger charge is -2.18. The van der Waals surface area contributed by atoms with Crippen molar-refractivity contribution < 1.29 is 34.2 Å². The fraction of sp³-hybridized carbons (Fsp3) is 0.429. The summed E-state index contributed by atoms with van der Waals surface area (Å²) >= 11 is 0. The molecule has 0 aliphatic heterocycles. The molecule has 0 unspecified atom stereocenters. The lowest BCUT2D eigenvalue weighted by atomic mass is 10.0. The molecule has 0 aromatic heterocycles. The van der Waals surface area contributed by atoms with Gasteiger partial charge in [0.05, 0.1) is 19.6 Å². The summed E-state index contributed by atoms with van der Waals surface area (Å²) in [6.07, 6.45) is 0.462. The van der Waals surface area contributed by atoms with Gasteiger partial charge in [0.25, 0.3) is 0 Å². The molecule has 36 heavy (non-hydrogen) atoms. The molecular weight excluding hydrogens is 476 g/mol. The number of guanidine groups is 1. The summed E-state index contributed by atoms with van der Waals surface area (Å²) in [6, 6.07) is 3.74. The molecule has 15 heteroatoms. The number of rotatable bonds is 15. The van der Waals surface area contributed by atoms with Crippen LogP contribution in [-0.4, -0.2) is 84.0 Å². The number of carboxylic acids is 1. The molecule has 1 rings (SSSR count). The lowest BCUT2D eigenvalue weighted by molar-refractivity contribution is -0.142. The first-order chi connectivity index (χ1) is 17.0. The molecule has 2 atom stereocenters. The van der Waals surface area contributed by atoms with Crippen molar-refractivity contribution in [2.45, 2.75) is 31.3 Å². The molecule has 1 aromatic rings. The maximum Gasteiger partial charge on any atom is 0.326 e. The molecule has 0 saturated heterocycles. The zero-order valence-electron chi connectivity index (χ0n) is 19.5. The largest absolute Gasteiger partial charge is 0.508 e. The molecule has 0 fully saturated rings.